The van der Waals surface area contributed by atoms with Crippen molar-refractivity contribution in [1.29, 1.82) is 0 Å². The Morgan fingerprint density at radius 1 is 0.326 bits per heavy atom. The Bertz CT molecular complexity index is 1370. The first kappa shape index (κ1) is 36.0. The summed E-state index contributed by atoms with van der Waals surface area (Å²) in [6.07, 6.45) is 3.44. The summed E-state index contributed by atoms with van der Waals surface area (Å²) in [5.74, 6) is 0. The maximum absolute atomic E-state index is 2.61. The minimum atomic E-state index is -0.555. The normalized spacial score (nSPS) is 11.2. The van der Waals surface area contributed by atoms with Crippen LogP contribution in [-0.4, -0.2) is 26.9 Å². The molecule has 46 heavy (non-hydrogen) atoms. The van der Waals surface area contributed by atoms with E-state index in [-0.39, 0.29) is 30.6 Å². The second kappa shape index (κ2) is 17.9. The molecule has 0 saturated heterocycles. The number of hydrogen-bond donors (Lipinski definition) is 0. The summed E-state index contributed by atoms with van der Waals surface area (Å²) in [4.78, 5) is 0. The molecule has 0 saturated carbocycles. The SMILES string of the molecule is CC(CP(c1ccccc1)c1ccccc1)(CP(c1ccccc1)c1ccccc1)CP(c1ccccc1)c1ccccc1.[B].[Co]. The van der Waals surface area contributed by atoms with Crippen LogP contribution < -0.4 is 31.8 Å². The molecule has 0 fully saturated rings. The Balaban J connectivity index is 0.00000240. The molecule has 0 aromatic heterocycles. The van der Waals surface area contributed by atoms with Crippen molar-refractivity contribution in [3.8, 4) is 0 Å². The molecule has 5 heteroatoms. The van der Waals surface area contributed by atoms with Gasteiger partial charge in [0.15, 0.2) is 0 Å². The van der Waals surface area contributed by atoms with Gasteiger partial charge in [-0.1, -0.05) is 189 Å². The summed E-state index contributed by atoms with van der Waals surface area (Å²) < 4.78 is 0. The van der Waals surface area contributed by atoms with Crippen molar-refractivity contribution in [2.45, 2.75) is 6.92 Å². The molecule has 0 bridgehead atoms. The third-order valence-electron chi connectivity index (χ3n) is 8.03. The molecule has 230 valence electrons. The van der Waals surface area contributed by atoms with Crippen LogP contribution in [0.3, 0.4) is 0 Å². The van der Waals surface area contributed by atoms with Gasteiger partial charge in [0.2, 0.25) is 0 Å². The zero-order chi connectivity index (χ0) is 30.0. The van der Waals surface area contributed by atoms with Gasteiger partial charge in [-0.2, -0.15) is 0 Å². The van der Waals surface area contributed by atoms with E-state index in [1.165, 1.54) is 31.8 Å². The van der Waals surface area contributed by atoms with E-state index in [2.05, 4.69) is 189 Å². The minimum absolute atomic E-state index is 0. The standard InChI is InChI=1S/C41H39P3.B.Co/c1-41(32-42(35-20-8-2-9-21-35)36-22-10-3-11-23-36,33-43(37-24-12-4-13-25-37)38-26-14-5-15-27-38)34-44(39-28-16-6-17-29-39)40-30-18-7-19-31-40;;/h2-31H,32-34H2,1H3;;. The first-order valence-electron chi connectivity index (χ1n) is 15.3. The zero-order valence-electron chi connectivity index (χ0n) is 26.2. The van der Waals surface area contributed by atoms with Crippen molar-refractivity contribution in [3.63, 3.8) is 0 Å². The smallest absolute Gasteiger partial charge is 0 e. The van der Waals surface area contributed by atoms with Gasteiger partial charge in [-0.15, -0.1) is 0 Å². The molecular weight excluding hydrogens is 655 g/mol. The zero-order valence-corrected chi connectivity index (χ0v) is 29.9. The Hall–Kier alpha value is -2.82. The van der Waals surface area contributed by atoms with Crippen molar-refractivity contribution in [1.82, 2.24) is 0 Å². The van der Waals surface area contributed by atoms with Crippen molar-refractivity contribution in [2.24, 2.45) is 5.41 Å². The summed E-state index contributed by atoms with van der Waals surface area (Å²) in [5.41, 5.74) is 0.0756. The van der Waals surface area contributed by atoms with Gasteiger partial charge < -0.3 is 0 Å². The first-order valence-corrected chi connectivity index (χ1v) is 19.9. The predicted octanol–water partition coefficient (Wildman–Crippen LogP) is 8.01. The summed E-state index contributed by atoms with van der Waals surface area (Å²) >= 11 is 0. The maximum Gasteiger partial charge on any atom is 0 e. The van der Waals surface area contributed by atoms with E-state index < -0.39 is 23.8 Å². The van der Waals surface area contributed by atoms with Crippen LogP contribution in [-0.2, 0) is 16.8 Å². The summed E-state index contributed by atoms with van der Waals surface area (Å²) in [6, 6.07) is 67.7. The van der Waals surface area contributed by atoms with Crippen LogP contribution in [0.15, 0.2) is 182 Å². The molecule has 0 heterocycles. The van der Waals surface area contributed by atoms with E-state index in [0.717, 1.165) is 18.5 Å². The molecular formula is C41H39BCoP3. The van der Waals surface area contributed by atoms with Crippen molar-refractivity contribution >= 4 is 64.0 Å². The Morgan fingerprint density at radius 3 is 0.630 bits per heavy atom. The van der Waals surface area contributed by atoms with Crippen molar-refractivity contribution in [2.75, 3.05) is 18.5 Å². The van der Waals surface area contributed by atoms with Crippen LogP contribution in [0.5, 0.6) is 0 Å². The van der Waals surface area contributed by atoms with Gasteiger partial charge in [0.05, 0.1) is 0 Å². The summed E-state index contributed by atoms with van der Waals surface area (Å²) in [6.45, 7) is 2.61. The molecule has 6 aromatic rings. The van der Waals surface area contributed by atoms with Gasteiger partial charge in [-0.25, -0.2) is 0 Å². The first-order chi connectivity index (χ1) is 21.7. The van der Waals surface area contributed by atoms with Crippen molar-refractivity contribution in [3.05, 3.63) is 182 Å². The molecule has 0 atom stereocenters. The molecule has 0 aliphatic heterocycles. The summed E-state index contributed by atoms with van der Waals surface area (Å²) in [5, 5.41) is 8.79. The Kier molecular flexibility index (Phi) is 14.0. The fraction of sp³-hybridized carbons (Fsp3) is 0.122. The van der Waals surface area contributed by atoms with E-state index in [0.29, 0.717) is 0 Å². The third-order valence-corrected chi connectivity index (χ3v) is 16.8. The molecule has 6 aromatic carbocycles. The molecule has 0 N–H and O–H groups in total. The van der Waals surface area contributed by atoms with Gasteiger partial charge in [0, 0.05) is 25.2 Å². The molecule has 0 spiro atoms. The molecule has 0 aliphatic rings. The van der Waals surface area contributed by atoms with E-state index in [4.69, 9.17) is 0 Å². The average molecular weight is 694 g/mol. The van der Waals surface area contributed by atoms with E-state index in [1.54, 1.807) is 0 Å². The molecule has 6 rings (SSSR count). The number of benzene rings is 6. The maximum atomic E-state index is 2.61. The largest absolute Gasteiger partial charge is 0.0622 e. The average Bonchev–Trinajstić information content (AvgIpc) is 3.11. The topological polar surface area (TPSA) is 0 Å². The fourth-order valence-corrected chi connectivity index (χ4v) is 14.6. The minimum Gasteiger partial charge on any atom is -0.0622 e. The number of hydrogen-bond acceptors (Lipinski definition) is 0. The van der Waals surface area contributed by atoms with Crippen LogP contribution >= 0.6 is 23.8 Å². The van der Waals surface area contributed by atoms with Crippen LogP contribution in [0.25, 0.3) is 0 Å². The monoisotopic (exact) mass is 694 g/mol. The summed E-state index contributed by atoms with van der Waals surface area (Å²) in [7, 11) is -1.66. The van der Waals surface area contributed by atoms with Crippen LogP contribution in [0.4, 0.5) is 0 Å². The van der Waals surface area contributed by atoms with Gasteiger partial charge in [-0.05, 0) is 79.5 Å². The third kappa shape index (κ3) is 9.38. The molecule has 0 amide bonds. The quantitative estimate of drug-likeness (QED) is 0.0900. The van der Waals surface area contributed by atoms with E-state index in [1.807, 2.05) is 0 Å². The van der Waals surface area contributed by atoms with E-state index in [9.17, 15) is 0 Å². The van der Waals surface area contributed by atoms with Crippen LogP contribution in [0.1, 0.15) is 6.92 Å². The Labute approximate surface area is 292 Å². The number of rotatable bonds is 12. The van der Waals surface area contributed by atoms with E-state index >= 15 is 0 Å². The fourth-order valence-electron chi connectivity index (χ4n) is 5.94. The molecule has 4 radical (unpaired) electrons. The van der Waals surface area contributed by atoms with Crippen molar-refractivity contribution < 1.29 is 16.8 Å². The molecule has 0 nitrogen and oxygen atoms in total. The van der Waals surface area contributed by atoms with Gasteiger partial charge >= 0.3 is 0 Å². The molecule has 0 unspecified atom stereocenters. The van der Waals surface area contributed by atoms with Crippen LogP contribution in [0, 0.1) is 5.41 Å². The van der Waals surface area contributed by atoms with Crippen LogP contribution in [0.2, 0.25) is 0 Å². The predicted molar refractivity (Wildman–Crippen MR) is 206 cm³/mol. The molecule has 0 aliphatic carbocycles. The second-order valence-electron chi connectivity index (χ2n) is 11.6. The second-order valence-corrected chi connectivity index (χ2v) is 18.2. The van der Waals surface area contributed by atoms with Gasteiger partial charge in [-0.3, -0.25) is 0 Å². The van der Waals surface area contributed by atoms with Gasteiger partial charge in [0.1, 0.15) is 0 Å². The van der Waals surface area contributed by atoms with Gasteiger partial charge in [0.25, 0.3) is 0 Å². The Morgan fingerprint density at radius 2 is 0.478 bits per heavy atom.